The lowest BCUT2D eigenvalue weighted by Crippen LogP contribution is -2.32. The minimum Gasteiger partial charge on any atom is -0.479 e. The minimum atomic E-state index is 0.0651. The quantitative estimate of drug-likeness (QED) is 0.674. The number of carbonyl (C=O) groups is 1. The Bertz CT molecular complexity index is 739. The number of aromatic nitrogens is 3. The van der Waals surface area contributed by atoms with E-state index in [9.17, 15) is 4.79 Å². The SMILES string of the molecule is CCCNCCNC(=O)CCc1c(C)nc2c(c(OC)nn2C)c1C. The van der Waals surface area contributed by atoms with Gasteiger partial charge >= 0.3 is 0 Å². The number of ether oxygens (including phenoxy) is 1. The van der Waals surface area contributed by atoms with Crippen LogP contribution in [0.5, 0.6) is 5.88 Å². The fourth-order valence-electron chi connectivity index (χ4n) is 3.03. The summed E-state index contributed by atoms with van der Waals surface area (Å²) in [6.45, 7) is 8.59. The van der Waals surface area contributed by atoms with E-state index in [1.165, 1.54) is 0 Å². The summed E-state index contributed by atoms with van der Waals surface area (Å²) in [5.41, 5.74) is 3.93. The van der Waals surface area contributed by atoms with E-state index in [1.807, 2.05) is 20.9 Å². The van der Waals surface area contributed by atoms with Gasteiger partial charge in [-0.3, -0.25) is 4.79 Å². The Labute approximate surface area is 149 Å². The molecule has 7 nitrogen and oxygen atoms in total. The molecule has 0 spiro atoms. The van der Waals surface area contributed by atoms with Crippen LogP contribution in [0.15, 0.2) is 0 Å². The van der Waals surface area contributed by atoms with Crippen molar-refractivity contribution in [3.05, 3.63) is 16.8 Å². The van der Waals surface area contributed by atoms with Crippen LogP contribution < -0.4 is 15.4 Å². The van der Waals surface area contributed by atoms with Crippen molar-refractivity contribution in [2.24, 2.45) is 7.05 Å². The van der Waals surface area contributed by atoms with E-state index in [-0.39, 0.29) is 5.91 Å². The van der Waals surface area contributed by atoms with Crippen molar-refractivity contribution in [3.8, 4) is 5.88 Å². The van der Waals surface area contributed by atoms with Crippen LogP contribution in [-0.2, 0) is 18.3 Å². The van der Waals surface area contributed by atoms with Gasteiger partial charge in [-0.2, -0.15) is 0 Å². The highest BCUT2D eigenvalue weighted by atomic mass is 16.5. The van der Waals surface area contributed by atoms with Crippen LogP contribution >= 0.6 is 0 Å². The summed E-state index contributed by atoms with van der Waals surface area (Å²) in [7, 11) is 3.47. The van der Waals surface area contributed by atoms with Crippen molar-refractivity contribution in [2.75, 3.05) is 26.7 Å². The lowest BCUT2D eigenvalue weighted by molar-refractivity contribution is -0.121. The molecule has 0 radical (unpaired) electrons. The molecule has 138 valence electrons. The Hall–Kier alpha value is -2.15. The van der Waals surface area contributed by atoms with Crippen LogP contribution in [0.1, 0.15) is 36.6 Å². The maximum Gasteiger partial charge on any atom is 0.242 e. The number of fused-ring (bicyclic) bond motifs is 1. The number of nitrogens with zero attached hydrogens (tertiary/aromatic N) is 3. The summed E-state index contributed by atoms with van der Waals surface area (Å²) in [5.74, 6) is 0.644. The van der Waals surface area contributed by atoms with Gasteiger partial charge in [-0.1, -0.05) is 6.92 Å². The van der Waals surface area contributed by atoms with Crippen molar-refractivity contribution in [3.63, 3.8) is 0 Å². The van der Waals surface area contributed by atoms with E-state index in [4.69, 9.17) is 4.74 Å². The molecule has 0 saturated heterocycles. The second-order valence-corrected chi connectivity index (χ2v) is 6.23. The van der Waals surface area contributed by atoms with Gasteiger partial charge in [0.2, 0.25) is 11.8 Å². The third-order valence-electron chi connectivity index (χ3n) is 4.37. The zero-order valence-corrected chi connectivity index (χ0v) is 15.9. The zero-order valence-electron chi connectivity index (χ0n) is 15.9. The highest BCUT2D eigenvalue weighted by Crippen LogP contribution is 2.30. The predicted molar refractivity (Wildman–Crippen MR) is 99.0 cm³/mol. The Kier molecular flexibility index (Phi) is 6.75. The number of carbonyl (C=O) groups excluding carboxylic acids is 1. The summed E-state index contributed by atoms with van der Waals surface area (Å²) >= 11 is 0. The zero-order chi connectivity index (χ0) is 18.4. The van der Waals surface area contributed by atoms with Gasteiger partial charge in [0.15, 0.2) is 5.65 Å². The largest absolute Gasteiger partial charge is 0.479 e. The van der Waals surface area contributed by atoms with Gasteiger partial charge < -0.3 is 15.4 Å². The molecule has 0 bridgehead atoms. The monoisotopic (exact) mass is 347 g/mol. The molecule has 0 saturated carbocycles. The first-order valence-corrected chi connectivity index (χ1v) is 8.83. The van der Waals surface area contributed by atoms with E-state index in [0.29, 0.717) is 25.3 Å². The number of nitrogens with one attached hydrogen (secondary N) is 2. The van der Waals surface area contributed by atoms with Gasteiger partial charge in [0.1, 0.15) is 0 Å². The number of aryl methyl sites for hydroxylation is 3. The molecule has 0 fully saturated rings. The molecule has 2 N–H and O–H groups in total. The summed E-state index contributed by atoms with van der Waals surface area (Å²) in [6, 6.07) is 0. The summed E-state index contributed by atoms with van der Waals surface area (Å²) < 4.78 is 7.11. The van der Waals surface area contributed by atoms with Crippen molar-refractivity contribution in [1.29, 1.82) is 0 Å². The number of pyridine rings is 1. The minimum absolute atomic E-state index is 0.0651. The molecule has 0 aliphatic rings. The molecular weight excluding hydrogens is 318 g/mol. The Morgan fingerprint density at radius 1 is 1.24 bits per heavy atom. The normalized spacial score (nSPS) is 11.1. The van der Waals surface area contributed by atoms with Gasteiger partial charge in [0, 0.05) is 32.3 Å². The van der Waals surface area contributed by atoms with Gasteiger partial charge in [-0.15, -0.1) is 5.10 Å². The summed E-state index contributed by atoms with van der Waals surface area (Å²) in [6.07, 6.45) is 2.21. The smallest absolute Gasteiger partial charge is 0.242 e. The summed E-state index contributed by atoms with van der Waals surface area (Å²) in [5, 5.41) is 11.5. The number of rotatable bonds is 9. The van der Waals surface area contributed by atoms with E-state index in [2.05, 4.69) is 27.6 Å². The first-order valence-electron chi connectivity index (χ1n) is 8.83. The van der Waals surface area contributed by atoms with E-state index < -0.39 is 0 Å². The number of hydrogen-bond donors (Lipinski definition) is 2. The van der Waals surface area contributed by atoms with Crippen molar-refractivity contribution in [2.45, 2.75) is 40.0 Å². The van der Waals surface area contributed by atoms with E-state index in [1.54, 1.807) is 11.8 Å². The van der Waals surface area contributed by atoms with Crippen LogP contribution in [-0.4, -0.2) is 47.4 Å². The first kappa shape index (κ1) is 19.2. The van der Waals surface area contributed by atoms with Crippen LogP contribution in [0.3, 0.4) is 0 Å². The molecule has 2 aromatic heterocycles. The molecule has 0 atom stereocenters. The molecule has 0 aliphatic carbocycles. The summed E-state index contributed by atoms with van der Waals surface area (Å²) in [4.78, 5) is 16.7. The fraction of sp³-hybridized carbons (Fsp3) is 0.611. The van der Waals surface area contributed by atoms with Gasteiger partial charge in [-0.05, 0) is 44.4 Å². The first-order chi connectivity index (χ1) is 12.0. The van der Waals surface area contributed by atoms with Crippen molar-refractivity contribution >= 4 is 16.9 Å². The van der Waals surface area contributed by atoms with E-state index in [0.717, 1.165) is 47.4 Å². The molecule has 2 aromatic rings. The van der Waals surface area contributed by atoms with E-state index >= 15 is 0 Å². The van der Waals surface area contributed by atoms with Crippen LogP contribution in [0.2, 0.25) is 0 Å². The number of methoxy groups -OCH3 is 1. The predicted octanol–water partition coefficient (Wildman–Crippen LogP) is 1.64. The lowest BCUT2D eigenvalue weighted by Gasteiger charge is -2.11. The molecule has 7 heteroatoms. The molecular formula is C18H29N5O2. The Morgan fingerprint density at radius 2 is 2.00 bits per heavy atom. The van der Waals surface area contributed by atoms with Gasteiger partial charge in [-0.25, -0.2) is 9.67 Å². The maximum absolute atomic E-state index is 12.1. The maximum atomic E-state index is 12.1. The standard InChI is InChI=1S/C18H29N5O2/c1-6-9-19-10-11-20-15(24)8-7-14-12(2)16-17(21-13(14)3)23(4)22-18(16)25-5/h19H,6-11H2,1-5H3,(H,20,24). The third kappa shape index (κ3) is 4.48. The number of amides is 1. The van der Waals surface area contributed by atoms with Crippen molar-refractivity contribution < 1.29 is 9.53 Å². The molecule has 25 heavy (non-hydrogen) atoms. The topological polar surface area (TPSA) is 81.1 Å². The average molecular weight is 347 g/mol. The number of hydrogen-bond acceptors (Lipinski definition) is 5. The molecule has 0 unspecified atom stereocenters. The van der Waals surface area contributed by atoms with Gasteiger partial charge in [0.05, 0.1) is 12.5 Å². The average Bonchev–Trinajstić information content (AvgIpc) is 2.90. The van der Waals surface area contributed by atoms with Crippen LogP contribution in [0, 0.1) is 13.8 Å². The molecule has 0 aliphatic heterocycles. The molecule has 2 heterocycles. The molecule has 1 amide bonds. The Morgan fingerprint density at radius 3 is 2.68 bits per heavy atom. The third-order valence-corrected chi connectivity index (χ3v) is 4.37. The van der Waals surface area contributed by atoms with Crippen LogP contribution in [0.4, 0.5) is 0 Å². The van der Waals surface area contributed by atoms with Crippen LogP contribution in [0.25, 0.3) is 11.0 Å². The van der Waals surface area contributed by atoms with Gasteiger partial charge in [0.25, 0.3) is 0 Å². The highest BCUT2D eigenvalue weighted by Gasteiger charge is 2.18. The second kappa shape index (κ2) is 8.80. The molecule has 0 aromatic carbocycles. The lowest BCUT2D eigenvalue weighted by atomic mass is 10.00. The Balaban J connectivity index is 2.04. The molecule has 2 rings (SSSR count). The fourth-order valence-corrected chi connectivity index (χ4v) is 3.03. The highest BCUT2D eigenvalue weighted by molar-refractivity contribution is 5.86. The second-order valence-electron chi connectivity index (χ2n) is 6.23. The van der Waals surface area contributed by atoms with Crippen molar-refractivity contribution in [1.82, 2.24) is 25.4 Å².